The fourth-order valence-electron chi connectivity index (χ4n) is 1.07. The molecule has 0 saturated carbocycles. The summed E-state index contributed by atoms with van der Waals surface area (Å²) in [6, 6.07) is 9.29. The van der Waals surface area contributed by atoms with Crippen LogP contribution < -0.4 is 5.32 Å². The normalized spacial score (nSPS) is 9.79. The van der Waals surface area contributed by atoms with Gasteiger partial charge in [-0.25, -0.2) is 9.97 Å². The Hall–Kier alpha value is -1.61. The standard InChI is InChI=1S/C10H8ClN3/c11-8-3-1-2-4-9(8)14-10-5-6-12-7-13-10/h1-7H,(H,12,13,14). The van der Waals surface area contributed by atoms with Crippen molar-refractivity contribution < 1.29 is 0 Å². The van der Waals surface area contributed by atoms with E-state index in [1.54, 1.807) is 12.3 Å². The van der Waals surface area contributed by atoms with Crippen LogP contribution in [0.5, 0.6) is 0 Å². The maximum Gasteiger partial charge on any atom is 0.133 e. The molecule has 0 aliphatic heterocycles. The Labute approximate surface area is 86.8 Å². The van der Waals surface area contributed by atoms with Crippen molar-refractivity contribution in [3.05, 3.63) is 47.9 Å². The number of nitrogens with one attached hydrogen (secondary N) is 1. The van der Waals surface area contributed by atoms with E-state index in [0.717, 1.165) is 11.5 Å². The minimum Gasteiger partial charge on any atom is -0.339 e. The minimum absolute atomic E-state index is 0.672. The average Bonchev–Trinajstić information content (AvgIpc) is 2.23. The Bertz CT molecular complexity index is 417. The quantitative estimate of drug-likeness (QED) is 0.819. The van der Waals surface area contributed by atoms with Crippen molar-refractivity contribution in [2.75, 3.05) is 5.32 Å². The van der Waals surface area contributed by atoms with Gasteiger partial charge in [0.25, 0.3) is 0 Å². The van der Waals surface area contributed by atoms with Crippen molar-refractivity contribution in [1.29, 1.82) is 0 Å². The predicted molar refractivity (Wildman–Crippen MR) is 56.8 cm³/mol. The molecule has 1 aromatic heterocycles. The molecule has 0 aliphatic rings. The molecule has 0 saturated heterocycles. The Morgan fingerprint density at radius 2 is 2.00 bits per heavy atom. The van der Waals surface area contributed by atoms with Crippen molar-refractivity contribution in [3.8, 4) is 0 Å². The lowest BCUT2D eigenvalue weighted by Gasteiger charge is -2.05. The second kappa shape index (κ2) is 4.07. The molecule has 0 unspecified atom stereocenters. The van der Waals surface area contributed by atoms with Gasteiger partial charge in [-0.15, -0.1) is 0 Å². The van der Waals surface area contributed by atoms with Crippen LogP contribution in [0.4, 0.5) is 11.5 Å². The van der Waals surface area contributed by atoms with E-state index >= 15 is 0 Å². The summed E-state index contributed by atoms with van der Waals surface area (Å²) in [6.45, 7) is 0. The third-order valence-corrected chi connectivity index (χ3v) is 2.05. The maximum absolute atomic E-state index is 5.97. The molecule has 1 N–H and O–H groups in total. The first-order chi connectivity index (χ1) is 6.86. The van der Waals surface area contributed by atoms with Crippen LogP contribution in [-0.2, 0) is 0 Å². The van der Waals surface area contributed by atoms with Crippen LogP contribution in [0.3, 0.4) is 0 Å². The monoisotopic (exact) mass is 205 g/mol. The highest BCUT2D eigenvalue weighted by Gasteiger charge is 1.98. The summed E-state index contributed by atoms with van der Waals surface area (Å²) >= 11 is 5.97. The summed E-state index contributed by atoms with van der Waals surface area (Å²) in [4.78, 5) is 7.86. The van der Waals surface area contributed by atoms with Crippen LogP contribution in [0.15, 0.2) is 42.9 Å². The molecule has 1 aromatic carbocycles. The third-order valence-electron chi connectivity index (χ3n) is 1.72. The summed E-state index contributed by atoms with van der Waals surface area (Å²) in [7, 11) is 0. The van der Waals surface area contributed by atoms with Crippen LogP contribution >= 0.6 is 11.6 Å². The second-order valence-electron chi connectivity index (χ2n) is 2.70. The first kappa shape index (κ1) is 8.97. The predicted octanol–water partition coefficient (Wildman–Crippen LogP) is 2.87. The number of benzene rings is 1. The maximum atomic E-state index is 5.97. The number of hydrogen-bond donors (Lipinski definition) is 1. The lowest BCUT2D eigenvalue weighted by atomic mass is 10.3. The number of rotatable bonds is 2. The average molecular weight is 206 g/mol. The zero-order chi connectivity index (χ0) is 9.80. The third kappa shape index (κ3) is 2.00. The molecule has 0 amide bonds. The van der Waals surface area contributed by atoms with E-state index in [1.807, 2.05) is 24.3 Å². The summed E-state index contributed by atoms with van der Waals surface area (Å²) in [5.74, 6) is 0.730. The summed E-state index contributed by atoms with van der Waals surface area (Å²) in [5, 5.41) is 3.76. The zero-order valence-corrected chi connectivity index (χ0v) is 8.07. The Kier molecular flexibility index (Phi) is 2.60. The molecule has 0 spiro atoms. The Morgan fingerprint density at radius 1 is 1.14 bits per heavy atom. The molecular weight excluding hydrogens is 198 g/mol. The van der Waals surface area contributed by atoms with Gasteiger partial charge in [0.05, 0.1) is 10.7 Å². The number of para-hydroxylation sites is 1. The molecule has 0 bridgehead atoms. The van der Waals surface area contributed by atoms with Crippen molar-refractivity contribution in [3.63, 3.8) is 0 Å². The van der Waals surface area contributed by atoms with Gasteiger partial charge >= 0.3 is 0 Å². The number of anilines is 2. The van der Waals surface area contributed by atoms with E-state index in [1.165, 1.54) is 6.33 Å². The Balaban J connectivity index is 2.24. The van der Waals surface area contributed by atoms with Crippen LogP contribution in [0, 0.1) is 0 Å². The van der Waals surface area contributed by atoms with Crippen LogP contribution in [-0.4, -0.2) is 9.97 Å². The molecule has 1 heterocycles. The van der Waals surface area contributed by atoms with Gasteiger partial charge < -0.3 is 5.32 Å². The number of nitrogens with zero attached hydrogens (tertiary/aromatic N) is 2. The van der Waals surface area contributed by atoms with E-state index in [4.69, 9.17) is 11.6 Å². The molecule has 70 valence electrons. The van der Waals surface area contributed by atoms with Crippen LogP contribution in [0.1, 0.15) is 0 Å². The van der Waals surface area contributed by atoms with Gasteiger partial charge in [0.15, 0.2) is 0 Å². The van der Waals surface area contributed by atoms with Gasteiger partial charge in [0, 0.05) is 6.20 Å². The van der Waals surface area contributed by atoms with Gasteiger partial charge in [-0.3, -0.25) is 0 Å². The van der Waals surface area contributed by atoms with Crippen molar-refractivity contribution in [2.45, 2.75) is 0 Å². The first-order valence-electron chi connectivity index (χ1n) is 4.14. The molecule has 4 heteroatoms. The molecule has 0 fully saturated rings. The highest BCUT2D eigenvalue weighted by atomic mass is 35.5. The van der Waals surface area contributed by atoms with Crippen molar-refractivity contribution >= 4 is 23.1 Å². The minimum atomic E-state index is 0.672. The first-order valence-corrected chi connectivity index (χ1v) is 4.51. The molecule has 0 radical (unpaired) electrons. The zero-order valence-electron chi connectivity index (χ0n) is 7.31. The summed E-state index contributed by atoms with van der Waals surface area (Å²) < 4.78 is 0. The number of hydrogen-bond acceptors (Lipinski definition) is 3. The van der Waals surface area contributed by atoms with Crippen molar-refractivity contribution in [1.82, 2.24) is 9.97 Å². The summed E-state index contributed by atoms with van der Waals surface area (Å²) in [5.41, 5.74) is 0.841. The lowest BCUT2D eigenvalue weighted by Crippen LogP contribution is -1.93. The molecule has 2 aromatic rings. The molecular formula is C10H8ClN3. The van der Waals surface area contributed by atoms with Gasteiger partial charge in [0.1, 0.15) is 12.1 Å². The van der Waals surface area contributed by atoms with E-state index in [0.29, 0.717) is 5.02 Å². The largest absolute Gasteiger partial charge is 0.339 e. The molecule has 3 nitrogen and oxygen atoms in total. The highest BCUT2D eigenvalue weighted by molar-refractivity contribution is 6.33. The van der Waals surface area contributed by atoms with E-state index in [9.17, 15) is 0 Å². The Morgan fingerprint density at radius 3 is 2.71 bits per heavy atom. The SMILES string of the molecule is Clc1ccccc1Nc1ccncn1. The topological polar surface area (TPSA) is 37.8 Å². The number of aromatic nitrogens is 2. The fraction of sp³-hybridized carbons (Fsp3) is 0. The van der Waals surface area contributed by atoms with Crippen LogP contribution in [0.2, 0.25) is 5.02 Å². The van der Waals surface area contributed by atoms with E-state index in [-0.39, 0.29) is 0 Å². The molecule has 14 heavy (non-hydrogen) atoms. The smallest absolute Gasteiger partial charge is 0.133 e. The number of halogens is 1. The van der Waals surface area contributed by atoms with E-state index in [2.05, 4.69) is 15.3 Å². The molecule has 0 aliphatic carbocycles. The van der Waals surface area contributed by atoms with Crippen molar-refractivity contribution in [2.24, 2.45) is 0 Å². The molecule has 2 rings (SSSR count). The fourth-order valence-corrected chi connectivity index (χ4v) is 1.25. The summed E-state index contributed by atoms with van der Waals surface area (Å²) in [6.07, 6.45) is 3.16. The van der Waals surface area contributed by atoms with Gasteiger partial charge in [-0.1, -0.05) is 23.7 Å². The van der Waals surface area contributed by atoms with Crippen LogP contribution in [0.25, 0.3) is 0 Å². The van der Waals surface area contributed by atoms with E-state index < -0.39 is 0 Å². The lowest BCUT2D eigenvalue weighted by molar-refractivity contribution is 1.17. The second-order valence-corrected chi connectivity index (χ2v) is 3.11. The van der Waals surface area contributed by atoms with Gasteiger partial charge in [0.2, 0.25) is 0 Å². The molecule has 0 atom stereocenters. The highest BCUT2D eigenvalue weighted by Crippen LogP contribution is 2.23. The van der Waals surface area contributed by atoms with Gasteiger partial charge in [-0.05, 0) is 18.2 Å². The van der Waals surface area contributed by atoms with Gasteiger partial charge in [-0.2, -0.15) is 0 Å².